The number of nitrogens with two attached hydrogens (primary N) is 1. The lowest BCUT2D eigenvalue weighted by molar-refractivity contribution is -0.148. The molecule has 6 rings (SSSR count). The van der Waals surface area contributed by atoms with E-state index in [0.29, 0.717) is 22.5 Å². The van der Waals surface area contributed by atoms with Crippen molar-refractivity contribution in [1.82, 2.24) is 0 Å². The highest BCUT2D eigenvalue weighted by Crippen LogP contribution is 2.65. The molecule has 3 heterocycles. The van der Waals surface area contributed by atoms with Crippen LogP contribution in [-0.2, 0) is 31.9 Å². The normalized spacial score (nSPS) is 24.3. The second kappa shape index (κ2) is 7.20. The van der Waals surface area contributed by atoms with Crippen molar-refractivity contribution in [2.24, 2.45) is 5.73 Å². The van der Waals surface area contributed by atoms with E-state index in [0.717, 1.165) is 10.0 Å². The van der Waals surface area contributed by atoms with Crippen molar-refractivity contribution < 1.29 is 14.3 Å². The number of nitriles is 1. The van der Waals surface area contributed by atoms with Crippen LogP contribution in [0.2, 0.25) is 0 Å². The highest BCUT2D eigenvalue weighted by atomic mass is 79.9. The Hall–Kier alpha value is -4.09. The number of nitrogens with zero attached hydrogens (tertiary/aromatic N) is 3. The van der Waals surface area contributed by atoms with Gasteiger partial charge in [-0.15, -0.1) is 0 Å². The molecular formula is C27H19BrN4O3. The number of benzene rings is 3. The summed E-state index contributed by atoms with van der Waals surface area (Å²) in [5.74, 6) is -1.09. The summed E-state index contributed by atoms with van der Waals surface area (Å²) in [6.07, 6.45) is 0. The number of hydrogen-bond acceptors (Lipinski definition) is 5. The minimum absolute atomic E-state index is 0.0555. The van der Waals surface area contributed by atoms with Gasteiger partial charge in [0.1, 0.15) is 11.6 Å². The average molecular weight is 527 g/mol. The molecule has 2 atom stereocenters. The van der Waals surface area contributed by atoms with E-state index in [4.69, 9.17) is 10.5 Å². The van der Waals surface area contributed by atoms with E-state index in [1.165, 1.54) is 4.90 Å². The zero-order chi connectivity index (χ0) is 24.5. The van der Waals surface area contributed by atoms with Gasteiger partial charge in [0.05, 0.1) is 17.9 Å². The van der Waals surface area contributed by atoms with Crippen molar-refractivity contribution in [2.75, 3.05) is 16.8 Å². The van der Waals surface area contributed by atoms with Crippen LogP contribution < -0.4 is 15.5 Å². The van der Waals surface area contributed by atoms with E-state index in [1.807, 2.05) is 42.5 Å². The van der Waals surface area contributed by atoms with Gasteiger partial charge in [0.25, 0.3) is 5.91 Å². The number of amides is 2. The zero-order valence-electron chi connectivity index (χ0n) is 18.7. The molecule has 0 saturated heterocycles. The van der Waals surface area contributed by atoms with Crippen molar-refractivity contribution in [1.29, 1.82) is 5.26 Å². The number of rotatable bonds is 2. The van der Waals surface area contributed by atoms with Crippen LogP contribution in [0.15, 0.2) is 88.7 Å². The van der Waals surface area contributed by atoms with Gasteiger partial charge in [-0.25, -0.2) is 0 Å². The number of ether oxygens (including phenoxy) is 1. The fraction of sp³-hybridized carbons (Fsp3) is 0.148. The zero-order valence-corrected chi connectivity index (χ0v) is 20.2. The van der Waals surface area contributed by atoms with Gasteiger partial charge in [-0.05, 0) is 23.8 Å². The Balaban J connectivity index is 1.69. The number of anilines is 2. The SMILES string of the molecule is CN1C(=O)C2(OC(N)=C(C#N)C23C(=O)N(Cc2ccccc2)c2cc(Br)ccc23)c2ccccc21. The maximum atomic E-state index is 14.7. The Morgan fingerprint density at radius 1 is 0.971 bits per heavy atom. The first kappa shape index (κ1) is 21.4. The first-order chi connectivity index (χ1) is 16.9. The second-order valence-electron chi connectivity index (χ2n) is 8.80. The van der Waals surface area contributed by atoms with Gasteiger partial charge < -0.3 is 20.3 Å². The topological polar surface area (TPSA) is 99.7 Å². The molecular weight excluding hydrogens is 508 g/mol. The molecule has 7 nitrogen and oxygen atoms in total. The number of halogens is 1. The molecule has 2 amide bonds. The third kappa shape index (κ3) is 2.43. The molecule has 3 aliphatic rings. The molecule has 2 N–H and O–H groups in total. The number of hydrogen-bond donors (Lipinski definition) is 1. The Bertz CT molecular complexity index is 1510. The summed E-state index contributed by atoms with van der Waals surface area (Å²) in [6.45, 7) is 0.255. The van der Waals surface area contributed by atoms with Gasteiger partial charge in [-0.3, -0.25) is 9.59 Å². The summed E-state index contributed by atoms with van der Waals surface area (Å²) >= 11 is 3.51. The minimum Gasteiger partial charge on any atom is -0.455 e. The molecule has 172 valence electrons. The van der Waals surface area contributed by atoms with Gasteiger partial charge >= 0.3 is 0 Å². The molecule has 3 aliphatic heterocycles. The van der Waals surface area contributed by atoms with Crippen LogP contribution in [0.25, 0.3) is 0 Å². The average Bonchev–Trinajstić information content (AvgIpc) is 3.36. The van der Waals surface area contributed by atoms with Crippen LogP contribution in [0.5, 0.6) is 0 Å². The van der Waals surface area contributed by atoms with Gasteiger partial charge in [0.15, 0.2) is 5.41 Å². The van der Waals surface area contributed by atoms with Crippen LogP contribution >= 0.6 is 15.9 Å². The first-order valence-corrected chi connectivity index (χ1v) is 11.8. The summed E-state index contributed by atoms with van der Waals surface area (Å²) in [7, 11) is 1.64. The third-order valence-electron chi connectivity index (χ3n) is 7.18. The van der Waals surface area contributed by atoms with Crippen molar-refractivity contribution in [3.63, 3.8) is 0 Å². The van der Waals surface area contributed by atoms with E-state index in [-0.39, 0.29) is 18.0 Å². The monoisotopic (exact) mass is 526 g/mol. The van der Waals surface area contributed by atoms with Crippen LogP contribution in [-0.4, -0.2) is 18.9 Å². The standard InChI is InChI=1S/C27H19BrN4O3/c1-31-21-10-6-5-9-19(21)27(25(31)34)26(20(14-29)23(30)35-27)18-12-11-17(28)13-22(18)32(24(26)33)15-16-7-3-2-4-8-16/h2-13H,15,30H2,1H3. The summed E-state index contributed by atoms with van der Waals surface area (Å²) in [6, 6.07) is 24.3. The van der Waals surface area contributed by atoms with Crippen LogP contribution in [0.3, 0.4) is 0 Å². The quantitative estimate of drug-likeness (QED) is 0.546. The predicted octanol–water partition coefficient (Wildman–Crippen LogP) is 3.83. The maximum Gasteiger partial charge on any atom is 0.277 e. The Morgan fingerprint density at radius 2 is 1.69 bits per heavy atom. The fourth-order valence-corrected chi connectivity index (χ4v) is 6.10. The van der Waals surface area contributed by atoms with Crippen molar-refractivity contribution in [3.8, 4) is 6.07 Å². The predicted molar refractivity (Wildman–Crippen MR) is 133 cm³/mol. The Labute approximate surface area is 210 Å². The largest absolute Gasteiger partial charge is 0.455 e. The summed E-state index contributed by atoms with van der Waals surface area (Å²) in [5, 5.41) is 10.3. The van der Waals surface area contributed by atoms with Gasteiger partial charge in [0.2, 0.25) is 17.4 Å². The smallest absolute Gasteiger partial charge is 0.277 e. The fourth-order valence-electron chi connectivity index (χ4n) is 5.75. The summed E-state index contributed by atoms with van der Waals surface area (Å²) in [4.78, 5) is 31.8. The molecule has 0 aliphatic carbocycles. The molecule has 8 heteroatoms. The van der Waals surface area contributed by atoms with Crippen molar-refractivity contribution >= 4 is 39.1 Å². The highest BCUT2D eigenvalue weighted by Gasteiger charge is 2.78. The maximum absolute atomic E-state index is 14.7. The molecule has 0 radical (unpaired) electrons. The van der Waals surface area contributed by atoms with E-state index < -0.39 is 22.8 Å². The van der Waals surface area contributed by atoms with Crippen LogP contribution in [0, 0.1) is 11.3 Å². The molecule has 0 saturated carbocycles. The first-order valence-electron chi connectivity index (χ1n) is 11.0. The lowest BCUT2D eigenvalue weighted by Crippen LogP contribution is -2.58. The molecule has 2 unspecified atom stereocenters. The van der Waals surface area contributed by atoms with Gasteiger partial charge in [0, 0.05) is 22.6 Å². The molecule has 0 aromatic heterocycles. The van der Waals surface area contributed by atoms with Gasteiger partial charge in [-0.2, -0.15) is 5.26 Å². The van der Waals surface area contributed by atoms with Crippen molar-refractivity contribution in [3.05, 3.63) is 105 Å². The molecule has 2 spiro atoms. The van der Waals surface area contributed by atoms with Crippen molar-refractivity contribution in [2.45, 2.75) is 17.6 Å². The summed E-state index contributed by atoms with van der Waals surface area (Å²) in [5.41, 5.74) is 5.76. The Morgan fingerprint density at radius 3 is 2.43 bits per heavy atom. The molecule has 0 fully saturated rings. The van der Waals surface area contributed by atoms with E-state index >= 15 is 0 Å². The van der Waals surface area contributed by atoms with Gasteiger partial charge in [-0.1, -0.05) is 70.5 Å². The highest BCUT2D eigenvalue weighted by molar-refractivity contribution is 9.10. The molecule has 35 heavy (non-hydrogen) atoms. The van der Waals surface area contributed by atoms with E-state index in [2.05, 4.69) is 22.0 Å². The minimum atomic E-state index is -1.83. The lowest BCUT2D eigenvalue weighted by atomic mass is 9.62. The third-order valence-corrected chi connectivity index (χ3v) is 7.67. The van der Waals surface area contributed by atoms with Crippen LogP contribution in [0.4, 0.5) is 11.4 Å². The number of fused-ring (bicyclic) bond motifs is 5. The second-order valence-corrected chi connectivity index (χ2v) is 9.72. The Kier molecular flexibility index (Phi) is 4.41. The lowest BCUT2D eigenvalue weighted by Gasteiger charge is -2.37. The number of carbonyl (C=O) groups is 2. The molecule has 3 aromatic rings. The van der Waals surface area contributed by atoms with Crippen LogP contribution in [0.1, 0.15) is 16.7 Å². The van der Waals surface area contributed by atoms with E-state index in [1.54, 1.807) is 42.3 Å². The summed E-state index contributed by atoms with van der Waals surface area (Å²) < 4.78 is 6.96. The number of carbonyl (C=O) groups excluding carboxylic acids is 2. The molecule has 0 bridgehead atoms. The number of likely N-dealkylation sites (N-methyl/N-ethyl adjacent to an activating group) is 1. The van der Waals surface area contributed by atoms with E-state index in [9.17, 15) is 14.9 Å². The number of para-hydroxylation sites is 1. The molecule has 3 aromatic carbocycles.